The molecule has 0 aromatic heterocycles. The minimum absolute atomic E-state index is 0.00824. The number of cyclic esters (lactones) is 4. The average Bonchev–Trinajstić information content (AvgIpc) is 1.63. The molecule has 7 aliphatic rings. The summed E-state index contributed by atoms with van der Waals surface area (Å²) in [6.07, 6.45) is 1.89. The number of carbonyl (C=O) groups excluding carboxylic acids is 11. The largest absolute Gasteiger partial charge is 0.495 e. The molecule has 0 aliphatic carbocycles. The summed E-state index contributed by atoms with van der Waals surface area (Å²) in [6, 6.07) is 24.5. The number of esters is 4. The molecule has 5 fully saturated rings. The van der Waals surface area contributed by atoms with Gasteiger partial charge in [0.05, 0.1) is 60.4 Å². The maximum atomic E-state index is 13.9. The summed E-state index contributed by atoms with van der Waals surface area (Å²) in [5.41, 5.74) is 3.05. The van der Waals surface area contributed by atoms with Gasteiger partial charge in [-0.2, -0.15) is 0 Å². The maximum Gasteiger partial charge on any atom is 0.347 e. The number of ether oxygens (including phenoxy) is 8. The first-order chi connectivity index (χ1) is 58.4. The van der Waals surface area contributed by atoms with E-state index < -0.39 is 119 Å². The quantitative estimate of drug-likeness (QED) is 0.0181. The molecule has 5 saturated heterocycles. The number of hydrogen-bond donors (Lipinski definition) is 5. The third-order valence-electron chi connectivity index (χ3n) is 22.8. The Morgan fingerprint density at radius 2 is 0.870 bits per heavy atom. The fourth-order valence-electron chi connectivity index (χ4n) is 15.2. The lowest BCUT2D eigenvalue weighted by Crippen LogP contribution is -2.51. The fourth-order valence-corrected chi connectivity index (χ4v) is 15.7. The van der Waals surface area contributed by atoms with Crippen molar-refractivity contribution in [2.24, 2.45) is 34.5 Å². The van der Waals surface area contributed by atoms with Gasteiger partial charge in [0.15, 0.2) is 12.2 Å². The van der Waals surface area contributed by atoms with Crippen molar-refractivity contribution in [3.8, 4) is 11.5 Å². The van der Waals surface area contributed by atoms with Crippen LogP contribution in [-0.4, -0.2) is 242 Å². The molecule has 7 heterocycles. The predicted octanol–water partition coefficient (Wildman–Crippen LogP) is 8.18. The Hall–Kier alpha value is -9.86. The average molecular weight is 1750 g/mol. The first-order valence-corrected chi connectivity index (χ1v) is 42.8. The number of hydroxylamine groups is 2. The van der Waals surface area contributed by atoms with Crippen molar-refractivity contribution >= 4 is 94.5 Å². The molecular weight excluding hydrogens is 1630 g/mol. The van der Waals surface area contributed by atoms with E-state index in [1.165, 1.54) is 26.4 Å². The van der Waals surface area contributed by atoms with Crippen molar-refractivity contribution in [2.75, 3.05) is 92.8 Å². The van der Waals surface area contributed by atoms with E-state index in [0.29, 0.717) is 83.5 Å². The molecule has 0 unspecified atom stereocenters. The van der Waals surface area contributed by atoms with Gasteiger partial charge < -0.3 is 69.1 Å². The molecule has 4 aromatic carbocycles. The standard InChI is InChI=1S/C47H60ClN5O12.C43H57ClN4O10/c1-28(2)22-37-45(59)62-35(8-7-9-38(54)50-34(24-31-12-15-36(61-6)33(48)23-31)44(58)49-27-47(4,5)46(60)63-37)29(3)42-43(64-42)32-13-10-30(11-14-32)25-51-18-20-52(21-19-51)26-41(57)65-53-39(55)16-17-40(53)56;1-26(2)20-35-41(53)56-33(27(3)38-39(58-38)30-13-10-28(11-14-30)23-47-16-18-48(19-17-47)24-37(50)51)8-7-9-36(49)46-32(22-29-12-15-34(55-6)31(44)21-29)40(52)45-25-43(4,5)42(54)57-35/h7,9-15,23,28-29,34-35,37,42-43H,8,16-22,24-27H2,1-6H3,(H,49,58)(H,50,54);7,9-15,21,26-27,32-33,35,38-39H,8,16-20,22-25H2,1-6H3,(H,45,52)(H,46,49)(H,50,51)/b2*9-7+/t29-,34+,35-,37-,42+,43+;27-,32+,33-,35-,38+,39+/m00/s1. The summed E-state index contributed by atoms with van der Waals surface area (Å²) < 4.78 is 46.9. The minimum Gasteiger partial charge on any atom is -0.495 e. The second-order valence-electron chi connectivity index (χ2n) is 34.7. The molecular formula is C90H117Cl2N9O22. The summed E-state index contributed by atoms with van der Waals surface area (Å²) in [6.45, 7) is 24.8. The van der Waals surface area contributed by atoms with Gasteiger partial charge in [-0.1, -0.05) is 138 Å². The highest BCUT2D eigenvalue weighted by molar-refractivity contribution is 6.32. The summed E-state index contributed by atoms with van der Waals surface area (Å²) in [7, 11) is 3.00. The lowest BCUT2D eigenvalue weighted by atomic mass is 9.92. The third-order valence-corrected chi connectivity index (χ3v) is 23.4. The number of epoxide rings is 2. The van der Waals surface area contributed by atoms with Crippen LogP contribution in [0.5, 0.6) is 11.5 Å². The van der Waals surface area contributed by atoms with Crippen LogP contribution in [0, 0.1) is 34.5 Å². The van der Waals surface area contributed by atoms with Crippen LogP contribution in [0.25, 0.3) is 0 Å². The van der Waals surface area contributed by atoms with Gasteiger partial charge in [-0.15, -0.1) is 5.06 Å². The molecule has 31 nitrogen and oxygen atoms in total. The zero-order chi connectivity index (χ0) is 89.1. The Labute approximate surface area is 728 Å². The van der Waals surface area contributed by atoms with Crippen molar-refractivity contribution in [2.45, 2.75) is 195 Å². The zero-order valence-electron chi connectivity index (χ0n) is 72.0. The number of aliphatic carboxylic acids is 1. The minimum atomic E-state index is -1.24. The zero-order valence-corrected chi connectivity index (χ0v) is 73.6. The third kappa shape index (κ3) is 27.8. The van der Waals surface area contributed by atoms with Gasteiger partial charge in [-0.3, -0.25) is 62.8 Å². The van der Waals surface area contributed by atoms with Gasteiger partial charge in [0.25, 0.3) is 11.8 Å². The van der Waals surface area contributed by atoms with E-state index in [0.717, 1.165) is 41.9 Å². The fraction of sp³-hybridized carbons (Fsp3) is 0.556. The number of carboxylic acid groups (broad SMARTS) is 1. The number of carboxylic acids is 1. The number of imide groups is 1. The SMILES string of the molecule is COc1ccc(C[C@H]2NC(=O)/C=C/C[C@@H]([C@H](C)[C@H]3O[C@@H]3c3ccc(CN4CCN(CC(=O)O)CC4)cc3)OC(=O)[C@H](CC(C)C)OC(=O)C(C)(C)CNC2=O)cc1Cl.COc1ccc(C[C@H]2NC(=O)/C=C/C[C@@H]([C@H](C)[C@H]3O[C@@H]3c3ccc(CN4CCN(CC(=O)ON5C(=O)CCC5=O)CC4)cc3)OC(=O)[C@H](CC(C)C)OC(=O)C(C)(C)CNC2=O)cc1Cl. The Bertz CT molecular complexity index is 4470. The van der Waals surface area contributed by atoms with Crippen LogP contribution in [0.3, 0.4) is 0 Å². The summed E-state index contributed by atoms with van der Waals surface area (Å²) in [4.78, 5) is 169. The highest BCUT2D eigenvalue weighted by Crippen LogP contribution is 2.47. The maximum absolute atomic E-state index is 13.9. The van der Waals surface area contributed by atoms with Crippen LogP contribution in [0.15, 0.2) is 109 Å². The number of amides is 6. The van der Waals surface area contributed by atoms with Crippen molar-refractivity contribution in [1.29, 1.82) is 0 Å². The molecule has 12 atom stereocenters. The van der Waals surface area contributed by atoms with Gasteiger partial charge >= 0.3 is 35.8 Å². The molecule has 0 saturated carbocycles. The Morgan fingerprint density at radius 3 is 1.23 bits per heavy atom. The van der Waals surface area contributed by atoms with E-state index in [9.17, 15) is 57.5 Å². The number of carbonyl (C=O) groups is 12. The Morgan fingerprint density at radius 1 is 0.504 bits per heavy atom. The first kappa shape index (κ1) is 95.4. The second-order valence-corrected chi connectivity index (χ2v) is 35.5. The molecule has 33 heteroatoms. The number of rotatable bonds is 25. The van der Waals surface area contributed by atoms with Crippen LogP contribution < -0.4 is 30.7 Å². The van der Waals surface area contributed by atoms with Crippen LogP contribution in [0.1, 0.15) is 153 Å². The number of piperazine rings is 2. The molecule has 4 aromatic rings. The number of benzene rings is 4. The van der Waals surface area contributed by atoms with Crippen LogP contribution in [0.4, 0.5) is 0 Å². The molecule has 123 heavy (non-hydrogen) atoms. The van der Waals surface area contributed by atoms with Gasteiger partial charge in [0.1, 0.15) is 48.0 Å². The lowest BCUT2D eigenvalue weighted by molar-refractivity contribution is -0.198. The Balaban J connectivity index is 0.000000259. The van der Waals surface area contributed by atoms with Crippen LogP contribution >= 0.6 is 23.2 Å². The van der Waals surface area contributed by atoms with Gasteiger partial charge in [0, 0.05) is 129 Å². The van der Waals surface area contributed by atoms with E-state index in [1.54, 1.807) is 76.2 Å². The summed E-state index contributed by atoms with van der Waals surface area (Å²) in [5, 5.41) is 21.5. The van der Waals surface area contributed by atoms with Gasteiger partial charge in [0.2, 0.25) is 23.6 Å². The van der Waals surface area contributed by atoms with Crippen LogP contribution in [-0.2, 0) is 117 Å². The molecule has 11 rings (SSSR count). The van der Waals surface area contributed by atoms with E-state index >= 15 is 0 Å². The molecule has 5 N–H and O–H groups in total. The second kappa shape index (κ2) is 43.6. The van der Waals surface area contributed by atoms with E-state index in [1.807, 2.05) is 87.7 Å². The van der Waals surface area contributed by atoms with E-state index in [4.69, 9.17) is 71.0 Å². The van der Waals surface area contributed by atoms with E-state index in [-0.39, 0.29) is 126 Å². The van der Waals surface area contributed by atoms with Crippen molar-refractivity contribution in [3.05, 3.63) is 153 Å². The predicted molar refractivity (Wildman–Crippen MR) is 451 cm³/mol. The number of nitrogens with zero attached hydrogens (tertiary/aromatic N) is 5. The topological polar surface area (TPSA) is 379 Å². The highest BCUT2D eigenvalue weighted by atomic mass is 35.5. The first-order valence-electron chi connectivity index (χ1n) is 42.1. The smallest absolute Gasteiger partial charge is 0.347 e. The molecule has 0 bridgehead atoms. The molecule has 668 valence electrons. The molecule has 6 amide bonds. The van der Waals surface area contributed by atoms with Crippen molar-refractivity contribution < 1.29 is 105 Å². The molecule has 0 spiro atoms. The van der Waals surface area contributed by atoms with Gasteiger partial charge in [-0.05, 0) is 122 Å². The summed E-state index contributed by atoms with van der Waals surface area (Å²) in [5.74, 6) is -7.06. The number of halogens is 2. The van der Waals surface area contributed by atoms with E-state index in [2.05, 4.69) is 43.2 Å². The normalized spacial score (nSPS) is 26.0. The molecule has 0 radical (unpaired) electrons. The lowest BCUT2D eigenvalue weighted by Gasteiger charge is -2.34. The van der Waals surface area contributed by atoms with Crippen LogP contribution in [0.2, 0.25) is 10.0 Å². The van der Waals surface area contributed by atoms with Gasteiger partial charge in [-0.25, -0.2) is 14.4 Å². The molecule has 7 aliphatic heterocycles. The monoisotopic (exact) mass is 1750 g/mol. The highest BCUT2D eigenvalue weighted by Gasteiger charge is 2.50. The number of methoxy groups -OCH3 is 2. The van der Waals surface area contributed by atoms with Crippen molar-refractivity contribution in [3.63, 3.8) is 0 Å². The Kier molecular flexibility index (Phi) is 33.8. The van der Waals surface area contributed by atoms with Crippen molar-refractivity contribution in [1.82, 2.24) is 45.9 Å². The summed E-state index contributed by atoms with van der Waals surface area (Å²) >= 11 is 12.7. The number of hydrogen-bond acceptors (Lipinski definition) is 25. The number of nitrogens with one attached hydrogen (secondary N) is 4.